The number of imidazole rings is 1. The normalized spacial score (nSPS) is 10.9. The molecule has 0 atom stereocenters. The Bertz CT molecular complexity index is 737. The van der Waals surface area contributed by atoms with Crippen LogP contribution in [0.2, 0.25) is 5.15 Å². The van der Waals surface area contributed by atoms with Crippen LogP contribution >= 0.6 is 11.6 Å². The van der Waals surface area contributed by atoms with E-state index in [1.54, 1.807) is 42.5 Å². The van der Waals surface area contributed by atoms with Gasteiger partial charge in [-0.1, -0.05) is 29.8 Å². The standard InChI is InChI=1S/C13H9ClN2O2/c14-12-10-5-2-6-11(18)16(10)13(15-12)8-3-1-4-9(17)7-8/h1-7,17-18H. The molecule has 90 valence electrons. The molecule has 3 aromatic rings. The van der Waals surface area contributed by atoms with E-state index in [0.29, 0.717) is 22.1 Å². The van der Waals surface area contributed by atoms with Gasteiger partial charge in [0.1, 0.15) is 11.6 Å². The van der Waals surface area contributed by atoms with Crippen molar-refractivity contribution in [3.05, 3.63) is 47.6 Å². The Kier molecular flexibility index (Phi) is 2.38. The molecule has 1 aromatic carbocycles. The molecule has 3 rings (SSSR count). The van der Waals surface area contributed by atoms with E-state index in [2.05, 4.69) is 4.98 Å². The molecule has 0 unspecified atom stereocenters. The Morgan fingerprint density at radius 3 is 2.61 bits per heavy atom. The summed E-state index contributed by atoms with van der Waals surface area (Å²) in [5.74, 6) is 0.671. The first kappa shape index (κ1) is 10.9. The first-order valence-electron chi connectivity index (χ1n) is 5.32. The highest BCUT2D eigenvalue weighted by Gasteiger charge is 2.13. The SMILES string of the molecule is Oc1cccc(-c2nc(Cl)c3cccc(O)n23)c1. The van der Waals surface area contributed by atoms with E-state index in [1.807, 2.05) is 0 Å². The van der Waals surface area contributed by atoms with Crippen molar-refractivity contribution in [3.8, 4) is 23.0 Å². The average Bonchev–Trinajstić information content (AvgIpc) is 2.69. The smallest absolute Gasteiger partial charge is 0.197 e. The second-order valence-electron chi connectivity index (χ2n) is 3.88. The largest absolute Gasteiger partial charge is 0.508 e. The summed E-state index contributed by atoms with van der Waals surface area (Å²) >= 11 is 6.03. The summed E-state index contributed by atoms with van der Waals surface area (Å²) in [7, 11) is 0. The number of fused-ring (bicyclic) bond motifs is 1. The predicted molar refractivity (Wildman–Crippen MR) is 69.0 cm³/mol. The topological polar surface area (TPSA) is 57.8 Å². The van der Waals surface area contributed by atoms with Crippen molar-refractivity contribution in [1.29, 1.82) is 0 Å². The molecule has 0 radical (unpaired) electrons. The number of aromatic hydroxyl groups is 2. The highest BCUT2D eigenvalue weighted by atomic mass is 35.5. The van der Waals surface area contributed by atoms with Gasteiger partial charge < -0.3 is 10.2 Å². The third-order valence-corrected chi connectivity index (χ3v) is 2.98. The summed E-state index contributed by atoms with van der Waals surface area (Å²) in [6.07, 6.45) is 0. The second-order valence-corrected chi connectivity index (χ2v) is 4.24. The molecule has 18 heavy (non-hydrogen) atoms. The molecular formula is C13H9ClN2O2. The van der Waals surface area contributed by atoms with Crippen LogP contribution in [0.3, 0.4) is 0 Å². The fourth-order valence-corrected chi connectivity index (χ4v) is 2.15. The van der Waals surface area contributed by atoms with Gasteiger partial charge in [-0.05, 0) is 24.3 Å². The van der Waals surface area contributed by atoms with Crippen molar-refractivity contribution in [1.82, 2.24) is 9.38 Å². The molecule has 4 nitrogen and oxygen atoms in total. The van der Waals surface area contributed by atoms with Crippen molar-refractivity contribution in [2.24, 2.45) is 0 Å². The number of hydrogen-bond acceptors (Lipinski definition) is 3. The zero-order chi connectivity index (χ0) is 12.7. The highest BCUT2D eigenvalue weighted by Crippen LogP contribution is 2.30. The maximum Gasteiger partial charge on any atom is 0.197 e. The molecular weight excluding hydrogens is 252 g/mol. The molecule has 0 amide bonds. The van der Waals surface area contributed by atoms with Crippen LogP contribution in [0.25, 0.3) is 16.9 Å². The van der Waals surface area contributed by atoms with Gasteiger partial charge in [-0.25, -0.2) is 4.98 Å². The lowest BCUT2D eigenvalue weighted by Gasteiger charge is -2.03. The minimum atomic E-state index is 0.0465. The van der Waals surface area contributed by atoms with Crippen LogP contribution in [0.5, 0.6) is 11.6 Å². The fourth-order valence-electron chi connectivity index (χ4n) is 1.92. The van der Waals surface area contributed by atoms with E-state index in [0.717, 1.165) is 0 Å². The molecule has 0 saturated heterocycles. The van der Waals surface area contributed by atoms with Gasteiger partial charge in [0.15, 0.2) is 11.0 Å². The van der Waals surface area contributed by atoms with Gasteiger partial charge in [0.2, 0.25) is 0 Å². The number of phenols is 1. The molecule has 0 saturated carbocycles. The number of nitrogens with zero attached hydrogens (tertiary/aromatic N) is 2. The highest BCUT2D eigenvalue weighted by molar-refractivity contribution is 6.33. The molecule has 0 aliphatic carbocycles. The van der Waals surface area contributed by atoms with Gasteiger partial charge in [-0.2, -0.15) is 0 Å². The molecule has 0 spiro atoms. The first-order valence-corrected chi connectivity index (χ1v) is 5.70. The lowest BCUT2D eigenvalue weighted by molar-refractivity contribution is 0.446. The second kappa shape index (κ2) is 3.92. The van der Waals surface area contributed by atoms with Crippen molar-refractivity contribution in [3.63, 3.8) is 0 Å². The Hall–Kier alpha value is -2.20. The number of halogens is 1. The summed E-state index contributed by atoms with van der Waals surface area (Å²) < 4.78 is 1.54. The quantitative estimate of drug-likeness (QED) is 0.707. The van der Waals surface area contributed by atoms with Crippen LogP contribution in [0.4, 0.5) is 0 Å². The van der Waals surface area contributed by atoms with Gasteiger partial charge in [0.05, 0.1) is 5.52 Å². The van der Waals surface area contributed by atoms with Crippen molar-refractivity contribution in [2.45, 2.75) is 0 Å². The Morgan fingerprint density at radius 2 is 1.83 bits per heavy atom. The predicted octanol–water partition coefficient (Wildman–Crippen LogP) is 3.07. The van der Waals surface area contributed by atoms with Gasteiger partial charge in [0.25, 0.3) is 0 Å². The fraction of sp³-hybridized carbons (Fsp3) is 0. The Labute approximate surface area is 108 Å². The summed E-state index contributed by atoms with van der Waals surface area (Å²) in [4.78, 5) is 4.22. The van der Waals surface area contributed by atoms with E-state index >= 15 is 0 Å². The monoisotopic (exact) mass is 260 g/mol. The third-order valence-electron chi connectivity index (χ3n) is 2.70. The minimum Gasteiger partial charge on any atom is -0.508 e. The summed E-state index contributed by atoms with van der Waals surface area (Å²) in [6, 6.07) is 11.7. The first-order chi connectivity index (χ1) is 8.66. The maximum absolute atomic E-state index is 9.90. The van der Waals surface area contributed by atoms with Crippen molar-refractivity contribution >= 4 is 17.1 Å². The Morgan fingerprint density at radius 1 is 1.06 bits per heavy atom. The summed E-state index contributed by atoms with van der Waals surface area (Å²) in [5.41, 5.74) is 1.30. The van der Waals surface area contributed by atoms with Crippen LogP contribution in [0.1, 0.15) is 0 Å². The molecule has 2 aromatic heterocycles. The van der Waals surface area contributed by atoms with Crippen molar-refractivity contribution in [2.75, 3.05) is 0 Å². The maximum atomic E-state index is 9.90. The van der Waals surface area contributed by atoms with Crippen LogP contribution < -0.4 is 0 Å². The molecule has 5 heteroatoms. The summed E-state index contributed by atoms with van der Waals surface area (Å²) in [6.45, 7) is 0. The molecule has 0 aliphatic rings. The Balaban J connectivity index is 2.36. The number of rotatable bonds is 1. The van der Waals surface area contributed by atoms with E-state index in [9.17, 15) is 10.2 Å². The average molecular weight is 261 g/mol. The van der Waals surface area contributed by atoms with Crippen molar-refractivity contribution < 1.29 is 10.2 Å². The van der Waals surface area contributed by atoms with E-state index in [4.69, 9.17) is 11.6 Å². The van der Waals surface area contributed by atoms with Crippen LogP contribution in [0, 0.1) is 0 Å². The van der Waals surface area contributed by atoms with E-state index in [1.165, 1.54) is 4.40 Å². The number of pyridine rings is 1. The van der Waals surface area contributed by atoms with E-state index < -0.39 is 0 Å². The number of benzene rings is 1. The molecule has 0 fully saturated rings. The lowest BCUT2D eigenvalue weighted by atomic mass is 10.2. The number of phenolic OH excluding ortho intramolecular Hbond substituents is 1. The van der Waals surface area contributed by atoms with Gasteiger partial charge in [-0.15, -0.1) is 0 Å². The third kappa shape index (κ3) is 1.58. The number of aromatic nitrogens is 2. The van der Waals surface area contributed by atoms with Crippen LogP contribution in [-0.2, 0) is 0 Å². The zero-order valence-electron chi connectivity index (χ0n) is 9.21. The van der Waals surface area contributed by atoms with Gasteiger partial charge in [0, 0.05) is 5.56 Å². The van der Waals surface area contributed by atoms with E-state index in [-0.39, 0.29) is 11.6 Å². The lowest BCUT2D eigenvalue weighted by Crippen LogP contribution is -1.89. The molecule has 0 bridgehead atoms. The minimum absolute atomic E-state index is 0.0465. The van der Waals surface area contributed by atoms with Gasteiger partial charge in [-0.3, -0.25) is 4.40 Å². The molecule has 2 heterocycles. The van der Waals surface area contributed by atoms with Crippen LogP contribution in [-0.4, -0.2) is 19.6 Å². The van der Waals surface area contributed by atoms with Gasteiger partial charge >= 0.3 is 0 Å². The summed E-state index contributed by atoms with van der Waals surface area (Å²) in [5, 5.41) is 19.7. The molecule has 0 aliphatic heterocycles. The molecule has 2 N–H and O–H groups in total. The number of hydrogen-bond donors (Lipinski definition) is 2. The zero-order valence-corrected chi connectivity index (χ0v) is 9.96. The van der Waals surface area contributed by atoms with Crippen LogP contribution in [0.15, 0.2) is 42.5 Å².